The molecule has 1 saturated heterocycles. The van der Waals surface area contributed by atoms with Gasteiger partial charge in [0.25, 0.3) is 0 Å². The van der Waals surface area contributed by atoms with Crippen molar-refractivity contribution in [2.24, 2.45) is 4.99 Å². The van der Waals surface area contributed by atoms with Crippen molar-refractivity contribution in [3.05, 3.63) is 29.8 Å². The summed E-state index contributed by atoms with van der Waals surface area (Å²) in [4.78, 5) is 4.04. The Balaban J connectivity index is 0.00000338. The van der Waals surface area contributed by atoms with E-state index in [-0.39, 0.29) is 47.3 Å². The molecule has 11 heteroatoms. The van der Waals surface area contributed by atoms with Crippen LogP contribution >= 0.6 is 24.0 Å². The average molecular weight is 507 g/mol. The van der Waals surface area contributed by atoms with Crippen molar-refractivity contribution in [2.45, 2.75) is 25.2 Å². The molecule has 0 spiro atoms. The summed E-state index contributed by atoms with van der Waals surface area (Å²) in [5.41, 5.74) is 0.834. The van der Waals surface area contributed by atoms with Gasteiger partial charge < -0.3 is 15.4 Å². The van der Waals surface area contributed by atoms with E-state index in [1.54, 1.807) is 19.2 Å². The second-order valence-corrected chi connectivity index (χ2v) is 7.91. The van der Waals surface area contributed by atoms with Gasteiger partial charge in [0.15, 0.2) is 15.8 Å². The Labute approximate surface area is 167 Å². The minimum absolute atomic E-state index is 0. The third-order valence-electron chi connectivity index (χ3n) is 3.66. The van der Waals surface area contributed by atoms with Gasteiger partial charge >= 0.3 is 6.36 Å². The van der Waals surface area contributed by atoms with Crippen LogP contribution < -0.4 is 15.4 Å². The molecule has 0 radical (unpaired) electrons. The normalized spacial score (nSPS) is 19.5. The van der Waals surface area contributed by atoms with Gasteiger partial charge in [-0.05, 0) is 30.5 Å². The largest absolute Gasteiger partial charge is 0.573 e. The summed E-state index contributed by atoms with van der Waals surface area (Å²) in [5, 5.41) is 6.11. The van der Waals surface area contributed by atoms with Crippen LogP contribution in [0.4, 0.5) is 13.2 Å². The van der Waals surface area contributed by atoms with Gasteiger partial charge in [0.2, 0.25) is 0 Å². The molecule has 6 nitrogen and oxygen atoms in total. The standard InChI is InChI=1S/C15H20F3N3O3S.HI/c1-19-14(21-12-7-9-25(22,23)10-12)20-8-6-11-2-4-13(5-3-11)24-15(16,17)18;/h2-5,12H,6-10H2,1H3,(H2,19,20,21);1H. The third kappa shape index (κ3) is 7.98. The second-order valence-electron chi connectivity index (χ2n) is 5.69. The lowest BCUT2D eigenvalue weighted by molar-refractivity contribution is -0.274. The number of ether oxygens (including phenoxy) is 1. The number of halogens is 4. The summed E-state index contributed by atoms with van der Waals surface area (Å²) >= 11 is 0. The molecule has 1 heterocycles. The van der Waals surface area contributed by atoms with E-state index in [9.17, 15) is 21.6 Å². The smallest absolute Gasteiger partial charge is 0.406 e. The van der Waals surface area contributed by atoms with Gasteiger partial charge in [-0.3, -0.25) is 4.99 Å². The van der Waals surface area contributed by atoms with Crippen molar-refractivity contribution in [3.8, 4) is 5.75 Å². The van der Waals surface area contributed by atoms with Crippen molar-refractivity contribution in [3.63, 3.8) is 0 Å². The minimum atomic E-state index is -4.70. The summed E-state index contributed by atoms with van der Waals surface area (Å²) in [6, 6.07) is 5.48. The highest BCUT2D eigenvalue weighted by molar-refractivity contribution is 14.0. The lowest BCUT2D eigenvalue weighted by atomic mass is 10.1. The zero-order valence-corrected chi connectivity index (χ0v) is 17.2. The number of guanidine groups is 1. The number of aliphatic imine (C=N–C) groups is 1. The zero-order chi connectivity index (χ0) is 18.5. The molecule has 148 valence electrons. The monoisotopic (exact) mass is 507 g/mol. The van der Waals surface area contributed by atoms with Gasteiger partial charge in [0.05, 0.1) is 11.5 Å². The van der Waals surface area contributed by atoms with Crippen LogP contribution in [0.3, 0.4) is 0 Å². The number of nitrogens with zero attached hydrogens (tertiary/aromatic N) is 1. The van der Waals surface area contributed by atoms with Crippen LogP contribution in [0.25, 0.3) is 0 Å². The predicted molar refractivity (Wildman–Crippen MR) is 104 cm³/mol. The Kier molecular flexibility index (Phi) is 8.44. The second kappa shape index (κ2) is 9.62. The Morgan fingerprint density at radius 2 is 1.96 bits per heavy atom. The maximum absolute atomic E-state index is 12.1. The van der Waals surface area contributed by atoms with Crippen LogP contribution in [0.5, 0.6) is 5.75 Å². The van der Waals surface area contributed by atoms with Crippen LogP contribution in [0.2, 0.25) is 0 Å². The number of rotatable bonds is 5. The van der Waals surface area contributed by atoms with Crippen LogP contribution in [0.1, 0.15) is 12.0 Å². The molecule has 1 fully saturated rings. The van der Waals surface area contributed by atoms with E-state index in [1.165, 1.54) is 12.1 Å². The SMILES string of the molecule is CN=C(NCCc1ccc(OC(F)(F)F)cc1)NC1CCS(=O)(=O)C1.I. The van der Waals surface area contributed by atoms with Gasteiger partial charge in [-0.1, -0.05) is 12.1 Å². The third-order valence-corrected chi connectivity index (χ3v) is 5.43. The number of nitrogens with one attached hydrogen (secondary N) is 2. The number of benzene rings is 1. The zero-order valence-electron chi connectivity index (χ0n) is 14.0. The first-order valence-electron chi connectivity index (χ1n) is 7.69. The first-order chi connectivity index (χ1) is 11.7. The number of hydrogen-bond acceptors (Lipinski definition) is 4. The topological polar surface area (TPSA) is 79.8 Å². The maximum Gasteiger partial charge on any atom is 0.573 e. The highest BCUT2D eigenvalue weighted by Gasteiger charge is 2.31. The Bertz CT molecular complexity index is 709. The van der Waals surface area contributed by atoms with Crippen LogP contribution in [0, 0.1) is 0 Å². The molecule has 1 aliphatic heterocycles. The predicted octanol–water partition coefficient (Wildman–Crippen LogP) is 2.10. The highest BCUT2D eigenvalue weighted by Crippen LogP contribution is 2.22. The Morgan fingerprint density at radius 3 is 2.46 bits per heavy atom. The van der Waals surface area contributed by atoms with Crippen molar-refractivity contribution in [1.82, 2.24) is 10.6 Å². The molecule has 2 rings (SSSR count). The quantitative estimate of drug-likeness (QED) is 0.363. The minimum Gasteiger partial charge on any atom is -0.406 e. The van der Waals surface area contributed by atoms with Crippen molar-refractivity contribution in [1.29, 1.82) is 0 Å². The average Bonchev–Trinajstić information content (AvgIpc) is 2.85. The fraction of sp³-hybridized carbons (Fsp3) is 0.533. The van der Waals surface area contributed by atoms with E-state index >= 15 is 0 Å². The molecule has 1 aliphatic rings. The van der Waals surface area contributed by atoms with E-state index < -0.39 is 16.2 Å². The van der Waals surface area contributed by atoms with Crippen molar-refractivity contribution < 1.29 is 26.3 Å². The molecule has 26 heavy (non-hydrogen) atoms. The van der Waals surface area contributed by atoms with Crippen LogP contribution in [0.15, 0.2) is 29.3 Å². The summed E-state index contributed by atoms with van der Waals surface area (Å²) < 4.78 is 63.0. The molecular weight excluding hydrogens is 486 g/mol. The number of hydrogen-bond donors (Lipinski definition) is 2. The molecule has 0 bridgehead atoms. The lowest BCUT2D eigenvalue weighted by Gasteiger charge is -2.16. The summed E-state index contributed by atoms with van der Waals surface area (Å²) in [7, 11) is -1.38. The van der Waals surface area contributed by atoms with E-state index in [0.717, 1.165) is 5.56 Å². The van der Waals surface area contributed by atoms with Gasteiger partial charge in [-0.15, -0.1) is 37.1 Å². The fourth-order valence-electron chi connectivity index (χ4n) is 2.48. The molecule has 2 N–H and O–H groups in total. The summed E-state index contributed by atoms with van der Waals surface area (Å²) in [6.45, 7) is 0.499. The molecule has 1 unspecified atom stereocenters. The Hall–Kier alpha value is -1.24. The van der Waals surface area contributed by atoms with Crippen molar-refractivity contribution >= 4 is 39.8 Å². The molecule has 1 aromatic rings. The van der Waals surface area contributed by atoms with E-state index in [4.69, 9.17) is 0 Å². The Morgan fingerprint density at radius 1 is 1.31 bits per heavy atom. The van der Waals surface area contributed by atoms with Gasteiger partial charge in [0, 0.05) is 19.6 Å². The molecule has 0 aliphatic carbocycles. The fourth-order valence-corrected chi connectivity index (χ4v) is 4.15. The first-order valence-corrected chi connectivity index (χ1v) is 9.51. The summed E-state index contributed by atoms with van der Waals surface area (Å²) in [5.74, 6) is 0.505. The van der Waals surface area contributed by atoms with E-state index in [1.807, 2.05) is 0 Å². The van der Waals surface area contributed by atoms with Crippen molar-refractivity contribution in [2.75, 3.05) is 25.1 Å². The highest BCUT2D eigenvalue weighted by atomic mass is 127. The lowest BCUT2D eigenvalue weighted by Crippen LogP contribution is -2.44. The first kappa shape index (κ1) is 22.8. The maximum atomic E-state index is 12.1. The molecule has 1 atom stereocenters. The molecule has 1 aromatic carbocycles. The molecule has 0 aromatic heterocycles. The van der Waals surface area contributed by atoms with E-state index in [0.29, 0.717) is 25.3 Å². The molecule has 0 amide bonds. The summed E-state index contributed by atoms with van der Waals surface area (Å²) in [6.07, 6.45) is -3.59. The van der Waals surface area contributed by atoms with Gasteiger partial charge in [-0.2, -0.15) is 0 Å². The molecule has 0 saturated carbocycles. The van der Waals surface area contributed by atoms with E-state index in [2.05, 4.69) is 20.4 Å². The number of alkyl halides is 3. The van der Waals surface area contributed by atoms with Crippen LogP contribution in [-0.2, 0) is 16.3 Å². The van der Waals surface area contributed by atoms with Gasteiger partial charge in [0.1, 0.15) is 5.75 Å². The van der Waals surface area contributed by atoms with Crippen LogP contribution in [-0.4, -0.2) is 51.9 Å². The number of sulfone groups is 1. The van der Waals surface area contributed by atoms with Gasteiger partial charge in [-0.25, -0.2) is 8.42 Å². The molecular formula is C15H21F3IN3O3S.